The van der Waals surface area contributed by atoms with Gasteiger partial charge < -0.3 is 20.1 Å². The first kappa shape index (κ1) is 19.7. The van der Waals surface area contributed by atoms with Crippen molar-refractivity contribution in [2.75, 3.05) is 38.4 Å². The number of hydrogen-bond acceptors (Lipinski definition) is 6. The normalized spacial score (nSPS) is 11.5. The van der Waals surface area contributed by atoms with Crippen molar-refractivity contribution < 1.29 is 17.7 Å². The van der Waals surface area contributed by atoms with Gasteiger partial charge in [0.1, 0.15) is 11.5 Å². The van der Waals surface area contributed by atoms with Crippen molar-refractivity contribution in [3.63, 3.8) is 0 Å². The molecule has 0 radical (unpaired) electrons. The second kappa shape index (κ2) is 7.75. The van der Waals surface area contributed by atoms with Crippen molar-refractivity contribution in [2.24, 2.45) is 0 Å². The molecular weight excluding hydrogens is 358 g/mol. The number of carbonyl (C=O) groups is 1. The van der Waals surface area contributed by atoms with Gasteiger partial charge in [0, 0.05) is 34.3 Å². The molecule has 1 aromatic carbocycles. The van der Waals surface area contributed by atoms with Gasteiger partial charge in [0.15, 0.2) is 0 Å². The smallest absolute Gasteiger partial charge is 0.319 e. The van der Waals surface area contributed by atoms with E-state index in [9.17, 15) is 13.2 Å². The SMILES string of the molecule is Cc1cc(CNC(=O)Nc2cc(S(=O)(=O)N(C)C)ccc2N(C)C)no1. The summed E-state index contributed by atoms with van der Waals surface area (Å²) in [5.41, 5.74) is 1.65. The Bertz CT molecular complexity index is 890. The standard InChI is InChI=1S/C16H23N5O4S/c1-11-8-12(19-25-11)10-17-16(22)18-14-9-13(26(23,24)21(4)5)6-7-15(14)20(2)3/h6-9H,10H2,1-5H3,(H2,17,18,22). The van der Waals surface area contributed by atoms with E-state index in [1.807, 2.05) is 0 Å². The molecule has 0 fully saturated rings. The molecule has 0 aliphatic heterocycles. The molecule has 2 rings (SSSR count). The molecule has 142 valence electrons. The number of hydrogen-bond donors (Lipinski definition) is 2. The molecule has 0 unspecified atom stereocenters. The number of aromatic nitrogens is 1. The van der Waals surface area contributed by atoms with Gasteiger partial charge in [-0.1, -0.05) is 5.16 Å². The molecule has 0 atom stereocenters. The van der Waals surface area contributed by atoms with Gasteiger partial charge in [-0.2, -0.15) is 0 Å². The van der Waals surface area contributed by atoms with Crippen LogP contribution in [-0.2, 0) is 16.6 Å². The van der Waals surface area contributed by atoms with Crippen LogP contribution in [0, 0.1) is 6.92 Å². The summed E-state index contributed by atoms with van der Waals surface area (Å²) in [6, 6.07) is 5.83. The van der Waals surface area contributed by atoms with E-state index in [1.54, 1.807) is 38.1 Å². The van der Waals surface area contributed by atoms with E-state index in [2.05, 4.69) is 15.8 Å². The Morgan fingerprint density at radius 2 is 1.88 bits per heavy atom. The number of rotatable bonds is 6. The summed E-state index contributed by atoms with van der Waals surface area (Å²) in [5.74, 6) is 0.652. The maximum atomic E-state index is 12.3. The molecule has 1 heterocycles. The third kappa shape index (κ3) is 4.52. The Balaban J connectivity index is 2.21. The molecule has 9 nitrogen and oxygen atoms in total. The maximum Gasteiger partial charge on any atom is 0.319 e. The summed E-state index contributed by atoms with van der Waals surface area (Å²) in [6.45, 7) is 1.95. The molecule has 2 amide bonds. The van der Waals surface area contributed by atoms with E-state index < -0.39 is 16.1 Å². The van der Waals surface area contributed by atoms with Crippen LogP contribution in [0.25, 0.3) is 0 Å². The molecule has 0 aliphatic rings. The number of sulfonamides is 1. The minimum absolute atomic E-state index is 0.0931. The van der Waals surface area contributed by atoms with Crippen LogP contribution in [0.2, 0.25) is 0 Å². The molecular formula is C16H23N5O4S. The van der Waals surface area contributed by atoms with Crippen LogP contribution in [0.5, 0.6) is 0 Å². The highest BCUT2D eigenvalue weighted by atomic mass is 32.2. The van der Waals surface area contributed by atoms with E-state index in [-0.39, 0.29) is 11.4 Å². The second-order valence-corrected chi connectivity index (χ2v) is 8.25. The summed E-state index contributed by atoms with van der Waals surface area (Å²) >= 11 is 0. The first-order valence-electron chi connectivity index (χ1n) is 7.82. The summed E-state index contributed by atoms with van der Waals surface area (Å²) in [7, 11) is 2.90. The molecule has 26 heavy (non-hydrogen) atoms. The molecule has 0 spiro atoms. The summed E-state index contributed by atoms with van der Waals surface area (Å²) in [4.78, 5) is 14.1. The zero-order chi connectivity index (χ0) is 19.5. The van der Waals surface area contributed by atoms with Crippen LogP contribution in [-0.4, -0.2) is 52.1 Å². The van der Waals surface area contributed by atoms with Gasteiger partial charge in [0.25, 0.3) is 0 Å². The number of amides is 2. The van der Waals surface area contributed by atoms with Gasteiger partial charge in [-0.3, -0.25) is 0 Å². The predicted octanol–water partition coefficient (Wildman–Crippen LogP) is 1.62. The van der Waals surface area contributed by atoms with E-state index >= 15 is 0 Å². The number of carbonyl (C=O) groups excluding carboxylic acids is 1. The molecule has 1 aromatic heterocycles. The lowest BCUT2D eigenvalue weighted by atomic mass is 10.2. The Morgan fingerprint density at radius 1 is 1.19 bits per heavy atom. The summed E-state index contributed by atoms with van der Waals surface area (Å²) in [5, 5.41) is 9.14. The highest BCUT2D eigenvalue weighted by Crippen LogP contribution is 2.28. The van der Waals surface area contributed by atoms with Crippen LogP contribution in [0.4, 0.5) is 16.2 Å². The molecule has 0 saturated carbocycles. The van der Waals surface area contributed by atoms with Crippen molar-refractivity contribution in [3.05, 3.63) is 35.7 Å². The van der Waals surface area contributed by atoms with Gasteiger partial charge in [-0.25, -0.2) is 17.5 Å². The van der Waals surface area contributed by atoms with E-state index in [0.717, 1.165) is 4.31 Å². The van der Waals surface area contributed by atoms with Crippen molar-refractivity contribution in [1.29, 1.82) is 0 Å². The lowest BCUT2D eigenvalue weighted by Crippen LogP contribution is -2.29. The molecule has 2 N–H and O–H groups in total. The average molecular weight is 381 g/mol. The summed E-state index contributed by atoms with van der Waals surface area (Å²) in [6.07, 6.45) is 0. The molecule has 0 saturated heterocycles. The molecule has 0 bridgehead atoms. The third-order valence-electron chi connectivity index (χ3n) is 3.58. The minimum atomic E-state index is -3.61. The Labute approximate surface area is 153 Å². The van der Waals surface area contributed by atoms with E-state index in [0.29, 0.717) is 22.8 Å². The number of benzene rings is 1. The van der Waals surface area contributed by atoms with Crippen LogP contribution < -0.4 is 15.5 Å². The topological polar surface area (TPSA) is 108 Å². The highest BCUT2D eigenvalue weighted by molar-refractivity contribution is 7.89. The fraction of sp³-hybridized carbons (Fsp3) is 0.375. The second-order valence-electron chi connectivity index (χ2n) is 6.10. The van der Waals surface area contributed by atoms with Gasteiger partial charge in [0.2, 0.25) is 10.0 Å². The van der Waals surface area contributed by atoms with Crippen molar-refractivity contribution in [3.8, 4) is 0 Å². The van der Waals surface area contributed by atoms with Crippen LogP contribution in [0.1, 0.15) is 11.5 Å². The van der Waals surface area contributed by atoms with Crippen LogP contribution in [0.15, 0.2) is 33.7 Å². The first-order valence-corrected chi connectivity index (χ1v) is 9.26. The van der Waals surface area contributed by atoms with Crippen molar-refractivity contribution >= 4 is 27.4 Å². The quantitative estimate of drug-likeness (QED) is 0.787. The minimum Gasteiger partial charge on any atom is -0.376 e. The first-order chi connectivity index (χ1) is 12.1. The molecule has 0 aliphatic carbocycles. The Kier molecular flexibility index (Phi) is 5.88. The number of urea groups is 1. The fourth-order valence-electron chi connectivity index (χ4n) is 2.22. The largest absolute Gasteiger partial charge is 0.376 e. The zero-order valence-electron chi connectivity index (χ0n) is 15.4. The summed E-state index contributed by atoms with van der Waals surface area (Å²) < 4.78 is 30.7. The third-order valence-corrected chi connectivity index (χ3v) is 5.39. The van der Waals surface area contributed by atoms with Crippen molar-refractivity contribution in [2.45, 2.75) is 18.4 Å². The Morgan fingerprint density at radius 3 is 2.42 bits per heavy atom. The molecule has 10 heteroatoms. The lowest BCUT2D eigenvalue weighted by molar-refractivity contribution is 0.251. The highest BCUT2D eigenvalue weighted by Gasteiger charge is 2.20. The number of nitrogens with one attached hydrogen (secondary N) is 2. The van der Waals surface area contributed by atoms with Gasteiger partial charge >= 0.3 is 6.03 Å². The Hall–Kier alpha value is -2.59. The predicted molar refractivity (Wildman–Crippen MR) is 98.7 cm³/mol. The molecule has 2 aromatic rings. The van der Waals surface area contributed by atoms with Crippen molar-refractivity contribution in [1.82, 2.24) is 14.8 Å². The monoisotopic (exact) mass is 381 g/mol. The van der Waals surface area contributed by atoms with E-state index in [1.165, 1.54) is 26.2 Å². The lowest BCUT2D eigenvalue weighted by Gasteiger charge is -2.20. The number of aryl methyl sites for hydroxylation is 1. The van der Waals surface area contributed by atoms with Gasteiger partial charge in [-0.05, 0) is 25.1 Å². The van der Waals surface area contributed by atoms with Crippen LogP contribution in [0.3, 0.4) is 0 Å². The zero-order valence-corrected chi connectivity index (χ0v) is 16.2. The maximum absolute atomic E-state index is 12.3. The van der Waals surface area contributed by atoms with Crippen LogP contribution >= 0.6 is 0 Å². The van der Waals surface area contributed by atoms with Gasteiger partial charge in [0.05, 0.1) is 22.8 Å². The number of anilines is 2. The number of nitrogens with zero attached hydrogens (tertiary/aromatic N) is 3. The van der Waals surface area contributed by atoms with Gasteiger partial charge in [-0.15, -0.1) is 0 Å². The fourth-order valence-corrected chi connectivity index (χ4v) is 3.14. The van der Waals surface area contributed by atoms with E-state index in [4.69, 9.17) is 4.52 Å². The average Bonchev–Trinajstić information content (AvgIpc) is 2.98.